The molecule has 0 fully saturated rings. The highest BCUT2D eigenvalue weighted by Gasteiger charge is 2.13. The van der Waals surface area contributed by atoms with Gasteiger partial charge in [-0.2, -0.15) is 0 Å². The first kappa shape index (κ1) is 11.6. The standard InChI is InChI=1S/C10H21NO/c1-4-6-9(11)7-10(12)8(3)5-2/h8-9H,4-7,11H2,1-3H3. The molecule has 0 aromatic heterocycles. The Hall–Kier alpha value is -0.370. The highest BCUT2D eigenvalue weighted by molar-refractivity contribution is 5.81. The van der Waals surface area contributed by atoms with Crippen molar-refractivity contribution in [2.45, 2.75) is 52.5 Å². The number of Topliss-reactive ketones (excluding diaryl/α,β-unsaturated/α-hetero) is 1. The van der Waals surface area contributed by atoms with Crippen LogP contribution in [0.25, 0.3) is 0 Å². The SMILES string of the molecule is CCCC(N)CC(=O)C(C)CC. The lowest BCUT2D eigenvalue weighted by molar-refractivity contribution is -0.122. The lowest BCUT2D eigenvalue weighted by Gasteiger charge is -2.12. The molecule has 0 bridgehead atoms. The zero-order valence-corrected chi connectivity index (χ0v) is 8.47. The van der Waals surface area contributed by atoms with Crippen LogP contribution < -0.4 is 5.73 Å². The van der Waals surface area contributed by atoms with E-state index in [0.717, 1.165) is 19.3 Å². The van der Waals surface area contributed by atoms with E-state index in [2.05, 4.69) is 6.92 Å². The van der Waals surface area contributed by atoms with Crippen molar-refractivity contribution in [1.29, 1.82) is 0 Å². The van der Waals surface area contributed by atoms with Gasteiger partial charge in [-0.15, -0.1) is 0 Å². The van der Waals surface area contributed by atoms with Crippen LogP contribution in [-0.4, -0.2) is 11.8 Å². The molecule has 0 aromatic carbocycles. The van der Waals surface area contributed by atoms with Gasteiger partial charge in [0.25, 0.3) is 0 Å². The zero-order chi connectivity index (χ0) is 9.56. The van der Waals surface area contributed by atoms with E-state index in [-0.39, 0.29) is 12.0 Å². The molecule has 72 valence electrons. The van der Waals surface area contributed by atoms with Gasteiger partial charge in [-0.3, -0.25) is 4.79 Å². The zero-order valence-electron chi connectivity index (χ0n) is 8.47. The molecule has 0 amide bonds. The van der Waals surface area contributed by atoms with Crippen LogP contribution in [0.3, 0.4) is 0 Å². The summed E-state index contributed by atoms with van der Waals surface area (Å²) in [5.74, 6) is 0.506. The number of hydrogen-bond donors (Lipinski definition) is 1. The average Bonchev–Trinajstić information content (AvgIpc) is 2.03. The summed E-state index contributed by atoms with van der Waals surface area (Å²) in [5.41, 5.74) is 5.76. The summed E-state index contributed by atoms with van der Waals surface area (Å²) >= 11 is 0. The lowest BCUT2D eigenvalue weighted by Crippen LogP contribution is -2.26. The monoisotopic (exact) mass is 171 g/mol. The normalized spacial score (nSPS) is 15.7. The Labute approximate surface area is 75.5 Å². The number of rotatable bonds is 6. The van der Waals surface area contributed by atoms with E-state index in [1.165, 1.54) is 0 Å². The lowest BCUT2D eigenvalue weighted by atomic mass is 9.96. The summed E-state index contributed by atoms with van der Waals surface area (Å²) in [6.45, 7) is 6.10. The van der Waals surface area contributed by atoms with Crippen LogP contribution in [0.5, 0.6) is 0 Å². The second kappa shape index (κ2) is 6.18. The van der Waals surface area contributed by atoms with E-state index in [1.807, 2.05) is 13.8 Å². The van der Waals surface area contributed by atoms with Crippen molar-refractivity contribution in [2.75, 3.05) is 0 Å². The number of hydrogen-bond acceptors (Lipinski definition) is 2. The molecule has 0 radical (unpaired) electrons. The molecule has 2 nitrogen and oxygen atoms in total. The molecule has 0 aliphatic carbocycles. The van der Waals surface area contributed by atoms with Gasteiger partial charge >= 0.3 is 0 Å². The Morgan fingerprint density at radius 2 is 2.00 bits per heavy atom. The molecule has 0 aromatic rings. The molecule has 0 aliphatic heterocycles. The first-order valence-corrected chi connectivity index (χ1v) is 4.90. The van der Waals surface area contributed by atoms with Crippen molar-refractivity contribution in [2.24, 2.45) is 11.7 Å². The number of carbonyl (C=O) groups excluding carboxylic acids is 1. The molecular weight excluding hydrogens is 150 g/mol. The van der Waals surface area contributed by atoms with Crippen molar-refractivity contribution in [3.05, 3.63) is 0 Å². The molecule has 2 unspecified atom stereocenters. The maximum absolute atomic E-state index is 11.4. The van der Waals surface area contributed by atoms with E-state index in [1.54, 1.807) is 0 Å². The molecule has 2 N–H and O–H groups in total. The van der Waals surface area contributed by atoms with E-state index in [4.69, 9.17) is 5.73 Å². The molecule has 0 aliphatic rings. The Morgan fingerprint density at radius 3 is 2.42 bits per heavy atom. The van der Waals surface area contributed by atoms with Crippen molar-refractivity contribution in [3.63, 3.8) is 0 Å². The van der Waals surface area contributed by atoms with Gasteiger partial charge in [0.2, 0.25) is 0 Å². The van der Waals surface area contributed by atoms with Gasteiger partial charge in [-0.25, -0.2) is 0 Å². The largest absolute Gasteiger partial charge is 0.327 e. The summed E-state index contributed by atoms with van der Waals surface area (Å²) in [7, 11) is 0. The predicted octanol–water partition coefficient (Wildman–Crippen LogP) is 2.12. The second-order valence-electron chi connectivity index (χ2n) is 3.53. The number of ketones is 1. The first-order chi connectivity index (χ1) is 5.61. The van der Waals surface area contributed by atoms with Gasteiger partial charge in [-0.1, -0.05) is 27.2 Å². The van der Waals surface area contributed by atoms with Crippen LogP contribution in [0.2, 0.25) is 0 Å². The fourth-order valence-electron chi connectivity index (χ4n) is 1.16. The van der Waals surface area contributed by atoms with Crippen LogP contribution in [0.1, 0.15) is 46.5 Å². The Bertz CT molecular complexity index is 134. The van der Waals surface area contributed by atoms with E-state index in [9.17, 15) is 4.79 Å². The minimum absolute atomic E-state index is 0.0801. The summed E-state index contributed by atoms with van der Waals surface area (Å²) in [6, 6.07) is 0.0801. The van der Waals surface area contributed by atoms with Crippen molar-refractivity contribution in [1.82, 2.24) is 0 Å². The van der Waals surface area contributed by atoms with Gasteiger partial charge in [0.15, 0.2) is 0 Å². The third-order valence-electron chi connectivity index (χ3n) is 2.28. The van der Waals surface area contributed by atoms with Crippen molar-refractivity contribution >= 4 is 5.78 Å². The molecule has 0 spiro atoms. The molecule has 12 heavy (non-hydrogen) atoms. The minimum Gasteiger partial charge on any atom is -0.327 e. The molecular formula is C10H21NO. The summed E-state index contributed by atoms with van der Waals surface area (Å²) in [6.07, 6.45) is 3.51. The summed E-state index contributed by atoms with van der Waals surface area (Å²) in [5, 5.41) is 0. The van der Waals surface area contributed by atoms with E-state index >= 15 is 0 Å². The maximum Gasteiger partial charge on any atom is 0.137 e. The average molecular weight is 171 g/mol. The first-order valence-electron chi connectivity index (χ1n) is 4.90. The van der Waals surface area contributed by atoms with Crippen molar-refractivity contribution in [3.8, 4) is 0 Å². The van der Waals surface area contributed by atoms with Crippen LogP contribution in [0.4, 0.5) is 0 Å². The molecule has 0 rings (SSSR count). The topological polar surface area (TPSA) is 43.1 Å². The fraction of sp³-hybridized carbons (Fsp3) is 0.900. The highest BCUT2D eigenvalue weighted by atomic mass is 16.1. The van der Waals surface area contributed by atoms with Crippen molar-refractivity contribution < 1.29 is 4.79 Å². The quantitative estimate of drug-likeness (QED) is 0.665. The Balaban J connectivity index is 3.67. The molecule has 0 heterocycles. The summed E-state index contributed by atoms with van der Waals surface area (Å²) in [4.78, 5) is 11.4. The maximum atomic E-state index is 11.4. The minimum atomic E-state index is 0.0801. The third-order valence-corrected chi connectivity index (χ3v) is 2.28. The number of nitrogens with two attached hydrogens (primary N) is 1. The highest BCUT2D eigenvalue weighted by Crippen LogP contribution is 2.08. The van der Waals surface area contributed by atoms with Gasteiger partial charge < -0.3 is 5.73 Å². The van der Waals surface area contributed by atoms with Gasteiger partial charge in [0, 0.05) is 18.4 Å². The Kier molecular flexibility index (Phi) is 5.99. The fourth-order valence-corrected chi connectivity index (χ4v) is 1.16. The van der Waals surface area contributed by atoms with Gasteiger partial charge in [0.1, 0.15) is 5.78 Å². The number of carbonyl (C=O) groups is 1. The van der Waals surface area contributed by atoms with Crippen LogP contribution in [-0.2, 0) is 4.79 Å². The van der Waals surface area contributed by atoms with Crippen LogP contribution >= 0.6 is 0 Å². The predicted molar refractivity (Wildman–Crippen MR) is 52.0 cm³/mol. The Morgan fingerprint density at radius 1 is 1.42 bits per heavy atom. The molecule has 0 saturated heterocycles. The van der Waals surface area contributed by atoms with E-state index < -0.39 is 0 Å². The van der Waals surface area contributed by atoms with Crippen LogP contribution in [0.15, 0.2) is 0 Å². The van der Waals surface area contributed by atoms with Gasteiger partial charge in [0.05, 0.1) is 0 Å². The molecule has 2 heteroatoms. The van der Waals surface area contributed by atoms with Gasteiger partial charge in [-0.05, 0) is 12.8 Å². The smallest absolute Gasteiger partial charge is 0.137 e. The van der Waals surface area contributed by atoms with Crippen LogP contribution in [0, 0.1) is 5.92 Å². The summed E-state index contributed by atoms with van der Waals surface area (Å²) < 4.78 is 0. The van der Waals surface area contributed by atoms with E-state index in [0.29, 0.717) is 12.2 Å². The third kappa shape index (κ3) is 4.50. The molecule has 2 atom stereocenters. The molecule has 0 saturated carbocycles. The second-order valence-corrected chi connectivity index (χ2v) is 3.53.